The summed E-state index contributed by atoms with van der Waals surface area (Å²) in [4.78, 5) is 4.36. The average molecular weight is 260 g/mol. The molecular formula is C14H20N4O. The summed E-state index contributed by atoms with van der Waals surface area (Å²) in [7, 11) is 0. The Morgan fingerprint density at radius 3 is 3.16 bits per heavy atom. The zero-order valence-electron chi connectivity index (χ0n) is 11.5. The minimum Gasteiger partial charge on any atom is -0.361 e. The second kappa shape index (κ2) is 5.17. The van der Waals surface area contributed by atoms with Gasteiger partial charge in [0.15, 0.2) is 0 Å². The van der Waals surface area contributed by atoms with Gasteiger partial charge in [-0.05, 0) is 32.7 Å². The minimum atomic E-state index is 0.683. The SMILES string of the molecule is Cc1noc(C)c1CNCC1CCc2nccn2C1. The molecule has 0 radical (unpaired) electrons. The number of hydrogen-bond donors (Lipinski definition) is 1. The third-order valence-electron chi connectivity index (χ3n) is 3.95. The molecule has 102 valence electrons. The standard InChI is InChI=1S/C14H20N4O/c1-10-13(11(2)19-17-10)8-15-7-12-3-4-14-16-5-6-18(14)9-12/h5-6,12,15H,3-4,7-9H2,1-2H3. The zero-order chi connectivity index (χ0) is 13.2. The topological polar surface area (TPSA) is 55.9 Å². The maximum atomic E-state index is 5.17. The van der Waals surface area contributed by atoms with Crippen LogP contribution in [0.2, 0.25) is 0 Å². The molecule has 0 saturated heterocycles. The molecule has 0 aromatic carbocycles. The van der Waals surface area contributed by atoms with Gasteiger partial charge in [0, 0.05) is 37.5 Å². The number of aromatic nitrogens is 3. The third-order valence-corrected chi connectivity index (χ3v) is 3.95. The van der Waals surface area contributed by atoms with Gasteiger partial charge in [0.2, 0.25) is 0 Å². The molecule has 2 aromatic rings. The molecule has 1 unspecified atom stereocenters. The van der Waals surface area contributed by atoms with Crippen LogP contribution in [-0.2, 0) is 19.5 Å². The van der Waals surface area contributed by atoms with E-state index in [-0.39, 0.29) is 0 Å². The van der Waals surface area contributed by atoms with Crippen molar-refractivity contribution in [2.24, 2.45) is 5.92 Å². The lowest BCUT2D eigenvalue weighted by Crippen LogP contribution is -2.29. The molecule has 1 N–H and O–H groups in total. The smallest absolute Gasteiger partial charge is 0.138 e. The van der Waals surface area contributed by atoms with Crippen LogP contribution in [0.15, 0.2) is 16.9 Å². The summed E-state index contributed by atoms with van der Waals surface area (Å²) in [6.45, 7) is 6.90. The van der Waals surface area contributed by atoms with Crippen LogP contribution in [0.3, 0.4) is 0 Å². The maximum Gasteiger partial charge on any atom is 0.138 e. The Labute approximate surface area is 113 Å². The van der Waals surface area contributed by atoms with Crippen molar-refractivity contribution in [3.05, 3.63) is 35.2 Å². The molecule has 3 heterocycles. The first-order valence-corrected chi connectivity index (χ1v) is 6.86. The number of hydrogen-bond acceptors (Lipinski definition) is 4. The molecule has 5 nitrogen and oxygen atoms in total. The zero-order valence-corrected chi connectivity index (χ0v) is 11.5. The first kappa shape index (κ1) is 12.4. The Morgan fingerprint density at radius 1 is 1.47 bits per heavy atom. The fourth-order valence-electron chi connectivity index (χ4n) is 2.76. The highest BCUT2D eigenvalue weighted by Crippen LogP contribution is 2.18. The highest BCUT2D eigenvalue weighted by atomic mass is 16.5. The maximum absolute atomic E-state index is 5.17. The molecule has 1 aliphatic rings. The summed E-state index contributed by atoms with van der Waals surface area (Å²) in [6.07, 6.45) is 6.28. The van der Waals surface area contributed by atoms with Crippen LogP contribution in [0.4, 0.5) is 0 Å². The van der Waals surface area contributed by atoms with E-state index in [1.807, 2.05) is 20.0 Å². The van der Waals surface area contributed by atoms with Gasteiger partial charge in [-0.2, -0.15) is 0 Å². The fourth-order valence-corrected chi connectivity index (χ4v) is 2.76. The lowest BCUT2D eigenvalue weighted by atomic mass is 9.99. The predicted octanol–water partition coefficient (Wildman–Crippen LogP) is 1.84. The average Bonchev–Trinajstić information content (AvgIpc) is 2.99. The van der Waals surface area contributed by atoms with E-state index in [4.69, 9.17) is 4.52 Å². The predicted molar refractivity (Wildman–Crippen MR) is 71.7 cm³/mol. The molecule has 0 bridgehead atoms. The van der Waals surface area contributed by atoms with Gasteiger partial charge in [0.25, 0.3) is 0 Å². The lowest BCUT2D eigenvalue weighted by molar-refractivity contribution is 0.346. The van der Waals surface area contributed by atoms with E-state index >= 15 is 0 Å². The summed E-state index contributed by atoms with van der Waals surface area (Å²) >= 11 is 0. The molecule has 1 aliphatic heterocycles. The normalized spacial score (nSPS) is 18.5. The van der Waals surface area contributed by atoms with Crippen molar-refractivity contribution in [2.45, 2.75) is 39.8 Å². The van der Waals surface area contributed by atoms with Crippen LogP contribution in [-0.4, -0.2) is 21.3 Å². The number of nitrogens with zero attached hydrogens (tertiary/aromatic N) is 3. The van der Waals surface area contributed by atoms with Crippen LogP contribution in [0.25, 0.3) is 0 Å². The molecular weight excluding hydrogens is 240 g/mol. The number of rotatable bonds is 4. The van der Waals surface area contributed by atoms with Crippen molar-refractivity contribution < 1.29 is 4.52 Å². The second-order valence-corrected chi connectivity index (χ2v) is 5.33. The molecule has 0 fully saturated rings. The van der Waals surface area contributed by atoms with Crippen molar-refractivity contribution >= 4 is 0 Å². The summed E-state index contributed by atoms with van der Waals surface area (Å²) in [5, 5.41) is 7.51. The molecule has 2 aromatic heterocycles. The number of nitrogens with one attached hydrogen (secondary N) is 1. The first-order valence-electron chi connectivity index (χ1n) is 6.86. The summed E-state index contributed by atoms with van der Waals surface area (Å²) in [6, 6.07) is 0. The highest BCUT2D eigenvalue weighted by molar-refractivity contribution is 5.20. The summed E-state index contributed by atoms with van der Waals surface area (Å²) in [5.41, 5.74) is 2.18. The summed E-state index contributed by atoms with van der Waals surface area (Å²) in [5.74, 6) is 2.83. The Kier molecular flexibility index (Phi) is 3.38. The first-order chi connectivity index (χ1) is 9.24. The summed E-state index contributed by atoms with van der Waals surface area (Å²) < 4.78 is 7.44. The Hall–Kier alpha value is -1.62. The van der Waals surface area contributed by atoms with Crippen molar-refractivity contribution in [2.75, 3.05) is 6.54 Å². The number of aryl methyl sites for hydroxylation is 3. The van der Waals surface area contributed by atoms with Gasteiger partial charge in [-0.3, -0.25) is 0 Å². The van der Waals surface area contributed by atoms with E-state index in [0.29, 0.717) is 5.92 Å². The van der Waals surface area contributed by atoms with Crippen LogP contribution in [0.5, 0.6) is 0 Å². The van der Waals surface area contributed by atoms with E-state index in [0.717, 1.165) is 37.5 Å². The highest BCUT2D eigenvalue weighted by Gasteiger charge is 2.18. The molecule has 0 amide bonds. The fraction of sp³-hybridized carbons (Fsp3) is 0.571. The monoisotopic (exact) mass is 260 g/mol. The lowest BCUT2D eigenvalue weighted by Gasteiger charge is -2.24. The van der Waals surface area contributed by atoms with Gasteiger partial charge in [-0.25, -0.2) is 4.98 Å². The van der Waals surface area contributed by atoms with Gasteiger partial charge in [0.05, 0.1) is 5.69 Å². The minimum absolute atomic E-state index is 0.683. The molecule has 0 spiro atoms. The molecule has 1 atom stereocenters. The number of imidazole rings is 1. The van der Waals surface area contributed by atoms with Crippen molar-refractivity contribution in [3.63, 3.8) is 0 Å². The van der Waals surface area contributed by atoms with Crippen LogP contribution < -0.4 is 5.32 Å². The van der Waals surface area contributed by atoms with Crippen molar-refractivity contribution in [1.82, 2.24) is 20.0 Å². The quantitative estimate of drug-likeness (QED) is 0.911. The van der Waals surface area contributed by atoms with Crippen LogP contribution >= 0.6 is 0 Å². The molecule has 5 heteroatoms. The second-order valence-electron chi connectivity index (χ2n) is 5.33. The Balaban J connectivity index is 1.51. The van der Waals surface area contributed by atoms with Gasteiger partial charge < -0.3 is 14.4 Å². The van der Waals surface area contributed by atoms with Gasteiger partial charge in [-0.15, -0.1) is 0 Å². The molecule has 19 heavy (non-hydrogen) atoms. The largest absolute Gasteiger partial charge is 0.361 e. The molecule has 3 rings (SSSR count). The van der Waals surface area contributed by atoms with E-state index in [1.165, 1.54) is 17.8 Å². The van der Waals surface area contributed by atoms with Gasteiger partial charge in [0.1, 0.15) is 11.6 Å². The Morgan fingerprint density at radius 2 is 2.37 bits per heavy atom. The van der Waals surface area contributed by atoms with Crippen LogP contribution in [0, 0.1) is 19.8 Å². The third kappa shape index (κ3) is 2.56. The van der Waals surface area contributed by atoms with E-state index in [9.17, 15) is 0 Å². The van der Waals surface area contributed by atoms with E-state index in [2.05, 4.69) is 26.2 Å². The van der Waals surface area contributed by atoms with Crippen LogP contribution in [0.1, 0.15) is 29.3 Å². The van der Waals surface area contributed by atoms with E-state index < -0.39 is 0 Å². The van der Waals surface area contributed by atoms with Crippen molar-refractivity contribution in [1.29, 1.82) is 0 Å². The molecule has 0 aliphatic carbocycles. The van der Waals surface area contributed by atoms with Gasteiger partial charge >= 0.3 is 0 Å². The number of fused-ring (bicyclic) bond motifs is 1. The van der Waals surface area contributed by atoms with Gasteiger partial charge in [-0.1, -0.05) is 5.16 Å². The molecule has 0 saturated carbocycles. The van der Waals surface area contributed by atoms with E-state index in [1.54, 1.807) is 0 Å². The Bertz CT molecular complexity index is 538. The van der Waals surface area contributed by atoms with Crippen molar-refractivity contribution in [3.8, 4) is 0 Å².